The van der Waals surface area contributed by atoms with E-state index in [2.05, 4.69) is 30.2 Å². The maximum absolute atomic E-state index is 12.4. The molecule has 2 aromatic heterocycles. The van der Waals surface area contributed by atoms with Crippen molar-refractivity contribution in [1.82, 2.24) is 20.2 Å². The highest BCUT2D eigenvalue weighted by atomic mass is 19.4. The molecule has 2 N–H and O–H groups in total. The van der Waals surface area contributed by atoms with Crippen LogP contribution >= 0.6 is 0 Å². The van der Waals surface area contributed by atoms with E-state index in [1.54, 1.807) is 48.8 Å². The van der Waals surface area contributed by atoms with Crippen LogP contribution in [0.3, 0.4) is 0 Å². The molecule has 32 heavy (non-hydrogen) atoms. The van der Waals surface area contributed by atoms with Crippen molar-refractivity contribution in [3.8, 4) is 28.6 Å². The van der Waals surface area contributed by atoms with E-state index >= 15 is 0 Å². The van der Waals surface area contributed by atoms with Gasteiger partial charge in [-0.25, -0.2) is 0 Å². The summed E-state index contributed by atoms with van der Waals surface area (Å²) in [6.07, 6.45) is -1.62. The Hall–Kier alpha value is -4.41. The van der Waals surface area contributed by atoms with E-state index in [0.29, 0.717) is 22.9 Å². The molecular weight excluding hydrogens is 427 g/mol. The third-order valence-corrected chi connectivity index (χ3v) is 4.05. The Labute approximate surface area is 179 Å². The Morgan fingerprint density at radius 3 is 2.44 bits per heavy atom. The highest BCUT2D eigenvalue weighted by molar-refractivity contribution is 6.03. The lowest BCUT2D eigenvalue weighted by Gasteiger charge is -2.09. The molecule has 8 nitrogen and oxygen atoms in total. The largest absolute Gasteiger partial charge is 0.573 e. The van der Waals surface area contributed by atoms with Gasteiger partial charge in [0.25, 0.3) is 5.91 Å². The lowest BCUT2D eigenvalue weighted by atomic mass is 10.2. The number of carbonyl (C=O) groups excluding carboxylic acids is 1. The fourth-order valence-corrected chi connectivity index (χ4v) is 2.69. The summed E-state index contributed by atoms with van der Waals surface area (Å²) in [7, 11) is 0. The summed E-state index contributed by atoms with van der Waals surface area (Å²) in [4.78, 5) is 19.1. The van der Waals surface area contributed by atoms with Crippen LogP contribution in [-0.2, 0) is 0 Å². The summed E-state index contributed by atoms with van der Waals surface area (Å²) < 4.78 is 46.6. The monoisotopic (exact) mass is 441 g/mol. The maximum atomic E-state index is 12.4. The van der Waals surface area contributed by atoms with Gasteiger partial charge < -0.3 is 14.5 Å². The van der Waals surface area contributed by atoms with Gasteiger partial charge in [-0.3, -0.25) is 15.1 Å². The van der Waals surface area contributed by atoms with Crippen LogP contribution in [0, 0.1) is 0 Å². The van der Waals surface area contributed by atoms with E-state index in [1.807, 2.05) is 0 Å². The number of halogens is 3. The molecule has 11 heteroatoms. The number of pyridine rings is 1. The maximum Gasteiger partial charge on any atom is 0.573 e. The van der Waals surface area contributed by atoms with Crippen molar-refractivity contribution in [2.75, 3.05) is 5.32 Å². The molecule has 162 valence electrons. The average molecular weight is 441 g/mol. The predicted molar refractivity (Wildman–Crippen MR) is 107 cm³/mol. The standard InChI is InChI=1S/C21H14F3N5O3/c22-21(23,24)32-16-4-1-3-14(11-16)19(30)27-20-26-18(28-29-20)13-6-8-15(9-7-13)31-17-5-2-10-25-12-17/h1-12H,(H2,26,27,28,29,30). The minimum absolute atomic E-state index is 0.0304. The van der Waals surface area contributed by atoms with Gasteiger partial charge in [0.05, 0.1) is 6.20 Å². The molecular formula is C21H14F3N5O3. The van der Waals surface area contributed by atoms with Gasteiger partial charge in [0, 0.05) is 17.3 Å². The van der Waals surface area contributed by atoms with Crippen LogP contribution < -0.4 is 14.8 Å². The van der Waals surface area contributed by atoms with Crippen molar-refractivity contribution < 1.29 is 27.4 Å². The second-order valence-corrected chi connectivity index (χ2v) is 6.37. The third-order valence-electron chi connectivity index (χ3n) is 4.05. The van der Waals surface area contributed by atoms with Crippen molar-refractivity contribution in [3.63, 3.8) is 0 Å². The van der Waals surface area contributed by atoms with Gasteiger partial charge in [0.15, 0.2) is 5.82 Å². The summed E-state index contributed by atoms with van der Waals surface area (Å²) in [6.45, 7) is 0. The third kappa shape index (κ3) is 5.39. The Morgan fingerprint density at radius 1 is 0.938 bits per heavy atom. The molecule has 2 heterocycles. The van der Waals surface area contributed by atoms with E-state index in [0.717, 1.165) is 12.1 Å². The van der Waals surface area contributed by atoms with Crippen molar-refractivity contribution in [2.45, 2.75) is 6.36 Å². The van der Waals surface area contributed by atoms with Crippen molar-refractivity contribution >= 4 is 11.9 Å². The van der Waals surface area contributed by atoms with Crippen LogP contribution in [-0.4, -0.2) is 32.4 Å². The number of carbonyl (C=O) groups is 1. The van der Waals surface area contributed by atoms with Crippen molar-refractivity contribution in [2.24, 2.45) is 0 Å². The zero-order valence-electron chi connectivity index (χ0n) is 16.1. The molecule has 0 spiro atoms. The van der Waals surface area contributed by atoms with Crippen LogP contribution in [0.15, 0.2) is 73.1 Å². The summed E-state index contributed by atoms with van der Waals surface area (Å²) in [5.74, 6) is 0.410. The number of benzene rings is 2. The first-order valence-electron chi connectivity index (χ1n) is 9.14. The van der Waals surface area contributed by atoms with Gasteiger partial charge in [-0.1, -0.05) is 6.07 Å². The molecule has 2 aromatic carbocycles. The predicted octanol–water partition coefficient (Wildman–Crippen LogP) is 4.81. The Morgan fingerprint density at radius 2 is 1.72 bits per heavy atom. The molecule has 0 saturated carbocycles. The molecule has 0 saturated heterocycles. The molecule has 4 aromatic rings. The number of rotatable bonds is 6. The highest BCUT2D eigenvalue weighted by Gasteiger charge is 2.31. The molecule has 0 radical (unpaired) electrons. The smallest absolute Gasteiger partial charge is 0.456 e. The van der Waals surface area contributed by atoms with Crippen LogP contribution in [0.25, 0.3) is 11.4 Å². The summed E-state index contributed by atoms with van der Waals surface area (Å²) in [5, 5.41) is 10.3. The summed E-state index contributed by atoms with van der Waals surface area (Å²) in [5.41, 5.74) is 0.638. The van der Waals surface area contributed by atoms with E-state index in [-0.39, 0.29) is 11.5 Å². The van der Waals surface area contributed by atoms with Gasteiger partial charge in [-0.2, -0.15) is 0 Å². The normalized spacial score (nSPS) is 11.1. The lowest BCUT2D eigenvalue weighted by Crippen LogP contribution is -2.18. The molecule has 0 unspecified atom stereocenters. The van der Waals surface area contributed by atoms with Gasteiger partial charge in [0.1, 0.15) is 17.2 Å². The fourth-order valence-electron chi connectivity index (χ4n) is 2.69. The molecule has 0 aliphatic carbocycles. The summed E-state index contributed by atoms with van der Waals surface area (Å²) >= 11 is 0. The molecule has 0 fully saturated rings. The SMILES string of the molecule is O=C(Nc1nnc(-c2ccc(Oc3cccnc3)cc2)[nH]1)c1cccc(OC(F)(F)F)c1. The number of alkyl halides is 3. The Bertz CT molecular complexity index is 1210. The van der Waals surface area contributed by atoms with Gasteiger partial charge in [-0.05, 0) is 54.6 Å². The van der Waals surface area contributed by atoms with E-state index in [1.165, 1.54) is 12.1 Å². The topological polar surface area (TPSA) is 102 Å². The highest BCUT2D eigenvalue weighted by Crippen LogP contribution is 2.25. The first-order chi connectivity index (χ1) is 15.4. The fraction of sp³-hybridized carbons (Fsp3) is 0.0476. The minimum Gasteiger partial charge on any atom is -0.456 e. The van der Waals surface area contributed by atoms with E-state index in [4.69, 9.17) is 4.74 Å². The number of amides is 1. The zero-order chi connectivity index (χ0) is 22.6. The number of hydrogen-bond acceptors (Lipinski definition) is 6. The van der Waals surface area contributed by atoms with Crippen molar-refractivity contribution in [3.05, 3.63) is 78.6 Å². The number of hydrogen-bond donors (Lipinski definition) is 2. The van der Waals surface area contributed by atoms with Crippen LogP contribution in [0.1, 0.15) is 10.4 Å². The van der Waals surface area contributed by atoms with E-state index in [9.17, 15) is 18.0 Å². The molecule has 0 bridgehead atoms. The number of aromatic amines is 1. The van der Waals surface area contributed by atoms with Crippen molar-refractivity contribution in [1.29, 1.82) is 0 Å². The number of aromatic nitrogens is 4. The second kappa shape index (κ2) is 8.76. The molecule has 4 rings (SSSR count). The van der Waals surface area contributed by atoms with Crippen LogP contribution in [0.2, 0.25) is 0 Å². The molecule has 0 aliphatic heterocycles. The number of H-pyrrole nitrogens is 1. The molecule has 0 atom stereocenters. The lowest BCUT2D eigenvalue weighted by molar-refractivity contribution is -0.274. The number of nitrogens with one attached hydrogen (secondary N) is 2. The van der Waals surface area contributed by atoms with Gasteiger partial charge in [-0.15, -0.1) is 23.4 Å². The molecule has 0 aliphatic rings. The van der Waals surface area contributed by atoms with Gasteiger partial charge in [0.2, 0.25) is 5.95 Å². The van der Waals surface area contributed by atoms with E-state index < -0.39 is 18.0 Å². The Balaban J connectivity index is 1.42. The molecule has 1 amide bonds. The minimum atomic E-state index is -4.85. The van der Waals surface area contributed by atoms with Gasteiger partial charge >= 0.3 is 6.36 Å². The summed E-state index contributed by atoms with van der Waals surface area (Å²) in [6, 6.07) is 15.2. The van der Waals surface area contributed by atoms with Crippen LogP contribution in [0.4, 0.5) is 19.1 Å². The second-order valence-electron chi connectivity index (χ2n) is 6.37. The number of ether oxygens (including phenoxy) is 2. The first kappa shape index (κ1) is 20.8. The average Bonchev–Trinajstić information content (AvgIpc) is 3.22. The number of anilines is 1. The number of nitrogens with zero attached hydrogens (tertiary/aromatic N) is 3. The zero-order valence-corrected chi connectivity index (χ0v) is 16.1. The quantitative estimate of drug-likeness (QED) is 0.445. The Kier molecular flexibility index (Phi) is 5.71. The van der Waals surface area contributed by atoms with Crippen LogP contribution in [0.5, 0.6) is 17.2 Å². The first-order valence-corrected chi connectivity index (χ1v) is 9.14.